The van der Waals surface area contributed by atoms with E-state index in [-0.39, 0.29) is 5.82 Å². The Morgan fingerprint density at radius 2 is 2.26 bits per heavy atom. The van der Waals surface area contributed by atoms with E-state index >= 15 is 0 Å². The number of nitrogens with two attached hydrogens (primary N) is 1. The molecule has 1 fully saturated rings. The number of anilines is 1. The number of halogens is 4. The summed E-state index contributed by atoms with van der Waals surface area (Å²) < 4.78 is 46.2. The van der Waals surface area contributed by atoms with E-state index < -0.39 is 36.7 Å². The van der Waals surface area contributed by atoms with Crippen molar-refractivity contribution in [3.8, 4) is 0 Å². The van der Waals surface area contributed by atoms with Crippen molar-refractivity contribution in [1.29, 1.82) is 0 Å². The van der Waals surface area contributed by atoms with E-state index in [9.17, 15) is 18.0 Å². The van der Waals surface area contributed by atoms with Crippen LogP contribution in [0, 0.1) is 3.57 Å². The number of aliphatic hydroxyl groups is 1. The third-order valence-corrected chi connectivity index (χ3v) is 3.56. The van der Waals surface area contributed by atoms with Crippen LogP contribution in [-0.4, -0.2) is 39.5 Å². The number of alkyl halides is 3. The Morgan fingerprint density at radius 3 is 2.79 bits per heavy atom. The van der Waals surface area contributed by atoms with Crippen molar-refractivity contribution in [3.63, 3.8) is 0 Å². The molecule has 1 aromatic heterocycles. The van der Waals surface area contributed by atoms with Gasteiger partial charge in [0.15, 0.2) is 6.23 Å². The third kappa shape index (κ3) is 2.31. The predicted octanol–water partition coefficient (Wildman–Crippen LogP) is 0.293. The number of nitrogens with zero attached hydrogens (tertiary/aromatic N) is 2. The molecule has 19 heavy (non-hydrogen) atoms. The fraction of sp³-hybridized carbons (Fsp3) is 0.556. The Labute approximate surface area is 118 Å². The summed E-state index contributed by atoms with van der Waals surface area (Å²) in [5.74, 6) is -3.97. The minimum Gasteiger partial charge on any atom is -0.393 e. The lowest BCUT2D eigenvalue weighted by Crippen LogP contribution is -2.39. The summed E-state index contributed by atoms with van der Waals surface area (Å²) in [6, 6.07) is 0. The lowest BCUT2D eigenvalue weighted by Gasteiger charge is -2.17. The Balaban J connectivity index is 2.44. The Bertz CT molecular complexity index is 553. The summed E-state index contributed by atoms with van der Waals surface area (Å²) in [6.45, 7) is -1.06. The standard InChI is InChI=1S/C9H9F3IN3O3/c10-5-7(19-4(2-17)9(5,11)12)16-1-3(13)6(14)15-8(16)18/h1,4-5,7,17H,2H2,(H2,14,15,18). The maximum atomic E-state index is 13.7. The van der Waals surface area contributed by atoms with Crippen molar-refractivity contribution in [2.75, 3.05) is 12.3 Å². The van der Waals surface area contributed by atoms with E-state index in [2.05, 4.69) is 4.98 Å². The average molecular weight is 391 g/mol. The molecule has 1 aromatic rings. The molecule has 0 aromatic carbocycles. The van der Waals surface area contributed by atoms with Crippen LogP contribution in [-0.2, 0) is 4.74 Å². The molecule has 2 rings (SSSR count). The van der Waals surface area contributed by atoms with Gasteiger partial charge in [-0.1, -0.05) is 0 Å². The van der Waals surface area contributed by atoms with Gasteiger partial charge in [0.25, 0.3) is 0 Å². The van der Waals surface area contributed by atoms with Gasteiger partial charge in [-0.25, -0.2) is 18.0 Å². The zero-order chi connectivity index (χ0) is 14.4. The summed E-state index contributed by atoms with van der Waals surface area (Å²) in [6.07, 6.45) is -5.53. The van der Waals surface area contributed by atoms with E-state index in [1.807, 2.05) is 0 Å². The van der Waals surface area contributed by atoms with E-state index in [0.717, 1.165) is 6.20 Å². The molecule has 10 heteroatoms. The van der Waals surface area contributed by atoms with Gasteiger partial charge >= 0.3 is 11.6 Å². The normalized spacial score (nSPS) is 29.6. The number of hydrogen-bond acceptors (Lipinski definition) is 5. The molecular formula is C9H9F3IN3O3. The lowest BCUT2D eigenvalue weighted by atomic mass is 10.1. The zero-order valence-electron chi connectivity index (χ0n) is 9.26. The number of aliphatic hydroxyl groups excluding tert-OH is 1. The Kier molecular flexibility index (Phi) is 3.75. The van der Waals surface area contributed by atoms with Crippen molar-refractivity contribution >= 4 is 28.4 Å². The summed E-state index contributed by atoms with van der Waals surface area (Å²) in [5.41, 5.74) is 4.37. The van der Waals surface area contributed by atoms with Gasteiger partial charge in [0, 0.05) is 6.20 Å². The fourth-order valence-electron chi connectivity index (χ4n) is 1.71. The Morgan fingerprint density at radius 1 is 1.63 bits per heavy atom. The number of aromatic nitrogens is 2. The molecule has 0 bridgehead atoms. The molecule has 6 nitrogen and oxygen atoms in total. The van der Waals surface area contributed by atoms with Crippen LogP contribution in [0.15, 0.2) is 11.0 Å². The van der Waals surface area contributed by atoms with Crippen molar-refractivity contribution in [2.45, 2.75) is 24.4 Å². The lowest BCUT2D eigenvalue weighted by molar-refractivity contribution is -0.111. The van der Waals surface area contributed by atoms with E-state index in [0.29, 0.717) is 8.14 Å². The molecule has 1 aliphatic rings. The van der Waals surface area contributed by atoms with E-state index in [1.165, 1.54) is 0 Å². The van der Waals surface area contributed by atoms with Gasteiger partial charge in [-0.3, -0.25) is 4.57 Å². The van der Waals surface area contributed by atoms with Crippen LogP contribution in [0.5, 0.6) is 0 Å². The first-order valence-corrected chi connectivity index (χ1v) is 6.19. The summed E-state index contributed by atoms with van der Waals surface area (Å²) in [5, 5.41) is 8.76. The molecule has 0 aliphatic carbocycles. The second-order valence-electron chi connectivity index (χ2n) is 3.94. The number of ether oxygens (including phenoxy) is 1. The zero-order valence-corrected chi connectivity index (χ0v) is 11.4. The molecule has 1 aliphatic heterocycles. The van der Waals surface area contributed by atoms with Gasteiger partial charge in [0.1, 0.15) is 11.9 Å². The molecule has 3 atom stereocenters. The summed E-state index contributed by atoms with van der Waals surface area (Å²) >= 11 is 1.72. The smallest absolute Gasteiger partial charge is 0.351 e. The molecule has 0 saturated carbocycles. The minimum atomic E-state index is -3.88. The molecule has 1 saturated heterocycles. The van der Waals surface area contributed by atoms with Gasteiger partial charge in [0.05, 0.1) is 10.2 Å². The van der Waals surface area contributed by atoms with E-state index in [4.69, 9.17) is 15.6 Å². The highest BCUT2D eigenvalue weighted by molar-refractivity contribution is 14.1. The highest BCUT2D eigenvalue weighted by Crippen LogP contribution is 2.42. The third-order valence-electron chi connectivity index (χ3n) is 2.73. The van der Waals surface area contributed by atoms with Crippen LogP contribution < -0.4 is 11.4 Å². The molecule has 106 valence electrons. The minimum absolute atomic E-state index is 0.0827. The Hall–Kier alpha value is -0.880. The van der Waals surface area contributed by atoms with Gasteiger partial charge < -0.3 is 15.6 Å². The number of rotatable bonds is 2. The van der Waals surface area contributed by atoms with Gasteiger partial charge in [-0.2, -0.15) is 4.98 Å². The van der Waals surface area contributed by atoms with Gasteiger partial charge in [-0.15, -0.1) is 0 Å². The van der Waals surface area contributed by atoms with E-state index in [1.54, 1.807) is 22.6 Å². The molecule has 0 radical (unpaired) electrons. The monoisotopic (exact) mass is 391 g/mol. The average Bonchev–Trinajstić information content (AvgIpc) is 2.56. The van der Waals surface area contributed by atoms with Crippen LogP contribution in [0.3, 0.4) is 0 Å². The maximum absolute atomic E-state index is 13.7. The molecule has 0 amide bonds. The highest BCUT2D eigenvalue weighted by atomic mass is 127. The molecular weight excluding hydrogens is 382 g/mol. The summed E-state index contributed by atoms with van der Waals surface area (Å²) in [7, 11) is 0. The quantitative estimate of drug-likeness (QED) is 0.708. The first-order valence-electron chi connectivity index (χ1n) is 5.11. The SMILES string of the molecule is Nc1nc(=O)n(C2OC(CO)C(F)(F)C2F)cc1I. The predicted molar refractivity (Wildman–Crippen MR) is 66.5 cm³/mol. The second kappa shape index (κ2) is 4.90. The maximum Gasteiger partial charge on any atom is 0.351 e. The van der Waals surface area contributed by atoms with Crippen molar-refractivity contribution in [3.05, 3.63) is 20.3 Å². The largest absolute Gasteiger partial charge is 0.393 e. The van der Waals surface area contributed by atoms with Crippen LogP contribution >= 0.6 is 22.6 Å². The highest BCUT2D eigenvalue weighted by Gasteiger charge is 2.60. The van der Waals surface area contributed by atoms with Crippen LogP contribution in [0.25, 0.3) is 0 Å². The van der Waals surface area contributed by atoms with Crippen molar-refractivity contribution in [2.24, 2.45) is 0 Å². The second-order valence-corrected chi connectivity index (χ2v) is 5.10. The van der Waals surface area contributed by atoms with Crippen LogP contribution in [0.1, 0.15) is 6.23 Å². The molecule has 2 heterocycles. The number of hydrogen-bond donors (Lipinski definition) is 2. The first-order chi connectivity index (χ1) is 8.78. The van der Waals surface area contributed by atoms with Crippen LogP contribution in [0.2, 0.25) is 0 Å². The number of nitrogen functional groups attached to an aromatic ring is 1. The fourth-order valence-corrected chi connectivity index (χ4v) is 2.13. The molecule has 0 spiro atoms. The van der Waals surface area contributed by atoms with Crippen molar-refractivity contribution < 1.29 is 23.0 Å². The van der Waals surface area contributed by atoms with Gasteiger partial charge in [0.2, 0.25) is 6.17 Å². The van der Waals surface area contributed by atoms with Crippen LogP contribution in [0.4, 0.5) is 19.0 Å². The summed E-state index contributed by atoms with van der Waals surface area (Å²) in [4.78, 5) is 14.9. The van der Waals surface area contributed by atoms with Crippen molar-refractivity contribution in [1.82, 2.24) is 9.55 Å². The molecule has 3 unspecified atom stereocenters. The molecule has 3 N–H and O–H groups in total. The van der Waals surface area contributed by atoms with Gasteiger partial charge in [-0.05, 0) is 22.6 Å². The topological polar surface area (TPSA) is 90.4 Å². The first kappa shape index (κ1) is 14.5.